The average molecular weight is 255 g/mol. The number of likely N-dealkylation sites (N-methyl/N-ethyl adjacent to an activating group) is 1. The standard InChI is InChI=1S/C14H29N3O/c1-12-7-6-10-17(11-12)9-5-4-8-14(2,16-3)13(15)18/h12,16H,4-11H2,1-3H3,(H2,15,18). The number of rotatable bonds is 7. The summed E-state index contributed by atoms with van der Waals surface area (Å²) < 4.78 is 0. The molecule has 1 amide bonds. The van der Waals surface area contributed by atoms with E-state index in [-0.39, 0.29) is 5.91 Å². The molecular formula is C14H29N3O. The van der Waals surface area contributed by atoms with Crippen molar-refractivity contribution < 1.29 is 4.79 Å². The van der Waals surface area contributed by atoms with E-state index in [9.17, 15) is 4.79 Å². The highest BCUT2D eigenvalue weighted by atomic mass is 16.1. The lowest BCUT2D eigenvalue weighted by atomic mass is 9.94. The Balaban J connectivity index is 2.19. The number of piperidine rings is 1. The summed E-state index contributed by atoms with van der Waals surface area (Å²) in [6.07, 6.45) is 5.72. The van der Waals surface area contributed by atoms with Crippen LogP contribution in [0.5, 0.6) is 0 Å². The van der Waals surface area contributed by atoms with Gasteiger partial charge in [-0.15, -0.1) is 0 Å². The van der Waals surface area contributed by atoms with E-state index < -0.39 is 5.54 Å². The molecule has 0 saturated carbocycles. The van der Waals surface area contributed by atoms with Crippen LogP contribution in [0.15, 0.2) is 0 Å². The van der Waals surface area contributed by atoms with Crippen LogP contribution in [0.3, 0.4) is 0 Å². The van der Waals surface area contributed by atoms with Gasteiger partial charge in [-0.1, -0.05) is 6.92 Å². The van der Waals surface area contributed by atoms with Gasteiger partial charge in [-0.3, -0.25) is 4.79 Å². The van der Waals surface area contributed by atoms with Crippen LogP contribution in [-0.2, 0) is 4.79 Å². The molecule has 1 fully saturated rings. The van der Waals surface area contributed by atoms with Gasteiger partial charge < -0.3 is 16.0 Å². The first-order chi connectivity index (χ1) is 8.48. The zero-order valence-corrected chi connectivity index (χ0v) is 12.2. The Bertz CT molecular complexity index is 270. The van der Waals surface area contributed by atoms with Gasteiger partial charge in [0.05, 0.1) is 5.54 Å². The molecule has 1 saturated heterocycles. The SMILES string of the molecule is CNC(C)(CCCCN1CCCC(C)C1)C(N)=O. The summed E-state index contributed by atoms with van der Waals surface area (Å²) in [5.74, 6) is 0.587. The zero-order valence-electron chi connectivity index (χ0n) is 12.2. The first-order valence-electron chi connectivity index (χ1n) is 7.19. The van der Waals surface area contributed by atoms with Crippen molar-refractivity contribution in [1.82, 2.24) is 10.2 Å². The fraction of sp³-hybridized carbons (Fsp3) is 0.929. The summed E-state index contributed by atoms with van der Waals surface area (Å²) in [5.41, 5.74) is 4.87. The molecule has 1 aliphatic heterocycles. The van der Waals surface area contributed by atoms with Crippen molar-refractivity contribution in [3.8, 4) is 0 Å². The molecule has 0 aromatic carbocycles. The van der Waals surface area contributed by atoms with Gasteiger partial charge in [-0.05, 0) is 65.1 Å². The Hall–Kier alpha value is -0.610. The topological polar surface area (TPSA) is 58.4 Å². The summed E-state index contributed by atoms with van der Waals surface area (Å²) in [7, 11) is 1.80. The van der Waals surface area contributed by atoms with Crippen molar-refractivity contribution in [1.29, 1.82) is 0 Å². The van der Waals surface area contributed by atoms with E-state index in [4.69, 9.17) is 5.73 Å². The number of hydrogen-bond acceptors (Lipinski definition) is 3. The van der Waals surface area contributed by atoms with Gasteiger partial charge in [0.2, 0.25) is 5.91 Å². The van der Waals surface area contributed by atoms with Crippen molar-refractivity contribution in [2.24, 2.45) is 11.7 Å². The number of likely N-dealkylation sites (tertiary alicyclic amines) is 1. The van der Waals surface area contributed by atoms with Crippen molar-refractivity contribution in [2.75, 3.05) is 26.7 Å². The van der Waals surface area contributed by atoms with Crippen molar-refractivity contribution in [3.05, 3.63) is 0 Å². The Morgan fingerprint density at radius 3 is 2.78 bits per heavy atom. The summed E-state index contributed by atoms with van der Waals surface area (Å²) in [5, 5.41) is 3.04. The lowest BCUT2D eigenvalue weighted by Gasteiger charge is -2.31. The molecule has 1 heterocycles. The van der Waals surface area contributed by atoms with Crippen LogP contribution >= 0.6 is 0 Å². The quantitative estimate of drug-likeness (QED) is 0.675. The normalized spacial score (nSPS) is 24.7. The summed E-state index contributed by atoms with van der Waals surface area (Å²) >= 11 is 0. The van der Waals surface area contributed by atoms with Crippen LogP contribution in [0.25, 0.3) is 0 Å². The minimum Gasteiger partial charge on any atom is -0.368 e. The van der Waals surface area contributed by atoms with E-state index in [1.54, 1.807) is 7.05 Å². The third-order valence-corrected chi connectivity index (χ3v) is 4.24. The number of carbonyl (C=O) groups is 1. The smallest absolute Gasteiger partial charge is 0.237 e. The van der Waals surface area contributed by atoms with Gasteiger partial charge in [0.15, 0.2) is 0 Å². The Morgan fingerprint density at radius 1 is 1.50 bits per heavy atom. The van der Waals surface area contributed by atoms with Gasteiger partial charge in [-0.2, -0.15) is 0 Å². The fourth-order valence-electron chi connectivity index (χ4n) is 2.68. The maximum Gasteiger partial charge on any atom is 0.237 e. The third-order valence-electron chi connectivity index (χ3n) is 4.24. The van der Waals surface area contributed by atoms with Gasteiger partial charge in [0.25, 0.3) is 0 Å². The van der Waals surface area contributed by atoms with E-state index in [2.05, 4.69) is 17.1 Å². The molecule has 106 valence electrons. The third kappa shape index (κ3) is 4.58. The highest BCUT2D eigenvalue weighted by Crippen LogP contribution is 2.17. The van der Waals surface area contributed by atoms with E-state index >= 15 is 0 Å². The highest BCUT2D eigenvalue weighted by Gasteiger charge is 2.28. The van der Waals surface area contributed by atoms with Gasteiger partial charge in [-0.25, -0.2) is 0 Å². The molecule has 0 spiro atoms. The summed E-state index contributed by atoms with van der Waals surface area (Å²) in [6, 6.07) is 0. The number of carbonyl (C=O) groups excluding carboxylic acids is 1. The van der Waals surface area contributed by atoms with Crippen molar-refractivity contribution >= 4 is 5.91 Å². The predicted octanol–water partition coefficient (Wildman–Crippen LogP) is 1.35. The maximum atomic E-state index is 11.3. The largest absolute Gasteiger partial charge is 0.368 e. The van der Waals surface area contributed by atoms with Gasteiger partial charge >= 0.3 is 0 Å². The molecule has 0 aliphatic carbocycles. The van der Waals surface area contributed by atoms with Crippen molar-refractivity contribution in [3.63, 3.8) is 0 Å². The second-order valence-corrected chi connectivity index (χ2v) is 5.95. The van der Waals surface area contributed by atoms with Crippen LogP contribution in [0, 0.1) is 5.92 Å². The van der Waals surface area contributed by atoms with Crippen LogP contribution in [-0.4, -0.2) is 43.0 Å². The number of nitrogens with zero attached hydrogens (tertiary/aromatic N) is 1. The molecule has 3 N–H and O–H groups in total. The van der Waals surface area contributed by atoms with E-state index in [0.717, 1.165) is 31.7 Å². The molecule has 0 aromatic heterocycles. The second kappa shape index (κ2) is 7.10. The number of primary amides is 1. The molecule has 2 atom stereocenters. The van der Waals surface area contributed by atoms with E-state index in [1.807, 2.05) is 6.92 Å². The Morgan fingerprint density at radius 2 is 2.22 bits per heavy atom. The van der Waals surface area contributed by atoms with Gasteiger partial charge in [0, 0.05) is 6.54 Å². The number of amides is 1. The fourth-order valence-corrected chi connectivity index (χ4v) is 2.68. The number of nitrogens with one attached hydrogen (secondary N) is 1. The number of nitrogens with two attached hydrogens (primary N) is 1. The lowest BCUT2D eigenvalue weighted by molar-refractivity contribution is -0.123. The molecular weight excluding hydrogens is 226 g/mol. The first kappa shape index (κ1) is 15.4. The molecule has 4 nitrogen and oxygen atoms in total. The number of unbranched alkanes of at least 4 members (excludes halogenated alkanes) is 1. The second-order valence-electron chi connectivity index (χ2n) is 5.95. The van der Waals surface area contributed by atoms with E-state index in [0.29, 0.717) is 0 Å². The number of hydrogen-bond donors (Lipinski definition) is 2. The monoisotopic (exact) mass is 255 g/mol. The van der Waals surface area contributed by atoms with Crippen LogP contribution < -0.4 is 11.1 Å². The first-order valence-corrected chi connectivity index (χ1v) is 7.19. The van der Waals surface area contributed by atoms with Crippen LogP contribution in [0.2, 0.25) is 0 Å². The van der Waals surface area contributed by atoms with Gasteiger partial charge in [0.1, 0.15) is 0 Å². The predicted molar refractivity (Wildman–Crippen MR) is 75.3 cm³/mol. The average Bonchev–Trinajstić information content (AvgIpc) is 2.34. The molecule has 1 rings (SSSR count). The van der Waals surface area contributed by atoms with Crippen LogP contribution in [0.4, 0.5) is 0 Å². The molecule has 0 bridgehead atoms. The highest BCUT2D eigenvalue weighted by molar-refractivity contribution is 5.84. The lowest BCUT2D eigenvalue weighted by Crippen LogP contribution is -2.51. The molecule has 18 heavy (non-hydrogen) atoms. The van der Waals surface area contributed by atoms with Crippen LogP contribution in [0.1, 0.15) is 46.0 Å². The summed E-state index contributed by atoms with van der Waals surface area (Å²) in [6.45, 7) is 7.85. The molecule has 1 aliphatic rings. The molecule has 4 heteroatoms. The molecule has 0 radical (unpaired) electrons. The van der Waals surface area contributed by atoms with Crippen molar-refractivity contribution in [2.45, 2.75) is 51.5 Å². The molecule has 0 aromatic rings. The zero-order chi connectivity index (χ0) is 13.6. The minimum absolute atomic E-state index is 0.253. The Kier molecular flexibility index (Phi) is 6.09. The minimum atomic E-state index is -0.546. The molecule has 2 unspecified atom stereocenters. The summed E-state index contributed by atoms with van der Waals surface area (Å²) in [4.78, 5) is 13.9. The Labute approximate surface area is 111 Å². The maximum absolute atomic E-state index is 11.3. The van der Waals surface area contributed by atoms with E-state index in [1.165, 1.54) is 25.9 Å².